The maximum Gasteiger partial charge on any atom is 0.221 e. The Morgan fingerprint density at radius 3 is 2.24 bits per heavy atom. The Balaban J connectivity index is 3.95. The molecule has 0 aliphatic heterocycles. The van der Waals surface area contributed by atoms with Gasteiger partial charge in [0, 0.05) is 26.1 Å². The quantitative estimate of drug-likeness (QED) is 0.747. The van der Waals surface area contributed by atoms with Crippen LogP contribution < -0.4 is 11.1 Å². The molecule has 3 N–H and O–H groups in total. The van der Waals surface area contributed by atoms with Crippen LogP contribution in [-0.2, 0) is 9.53 Å². The van der Waals surface area contributed by atoms with Crippen molar-refractivity contribution in [3.8, 4) is 0 Å². The van der Waals surface area contributed by atoms with Crippen molar-refractivity contribution in [2.45, 2.75) is 59.1 Å². The molecule has 0 spiro atoms. The van der Waals surface area contributed by atoms with Gasteiger partial charge in [-0.25, -0.2) is 0 Å². The predicted octanol–water partition coefficient (Wildman–Crippen LogP) is 1.68. The lowest BCUT2D eigenvalue weighted by Gasteiger charge is -2.25. The van der Waals surface area contributed by atoms with E-state index in [0.717, 1.165) is 6.42 Å². The van der Waals surface area contributed by atoms with E-state index >= 15 is 0 Å². The molecular weight excluding hydrogens is 216 g/mol. The van der Waals surface area contributed by atoms with Crippen molar-refractivity contribution in [2.75, 3.05) is 13.7 Å². The maximum atomic E-state index is 11.7. The number of nitrogens with one attached hydrogen (secondary N) is 1. The molecular formula is C13H28N2O2. The number of hydrogen-bond acceptors (Lipinski definition) is 3. The van der Waals surface area contributed by atoms with Crippen molar-refractivity contribution >= 4 is 5.91 Å². The van der Waals surface area contributed by atoms with Crippen LogP contribution in [-0.4, -0.2) is 31.2 Å². The van der Waals surface area contributed by atoms with Crippen molar-refractivity contribution < 1.29 is 9.53 Å². The Kier molecular flexibility index (Phi) is 6.13. The van der Waals surface area contributed by atoms with E-state index in [-0.39, 0.29) is 23.0 Å². The number of hydrogen-bond donors (Lipinski definition) is 2. The highest BCUT2D eigenvalue weighted by molar-refractivity contribution is 5.76. The van der Waals surface area contributed by atoms with Crippen LogP contribution in [0.1, 0.15) is 47.5 Å². The molecule has 0 heterocycles. The minimum absolute atomic E-state index is 0.00752. The van der Waals surface area contributed by atoms with Crippen LogP contribution in [0, 0.1) is 5.41 Å². The van der Waals surface area contributed by atoms with E-state index in [4.69, 9.17) is 10.5 Å². The molecule has 1 atom stereocenters. The van der Waals surface area contributed by atoms with Gasteiger partial charge in [0.15, 0.2) is 0 Å². The van der Waals surface area contributed by atoms with Crippen LogP contribution in [0.5, 0.6) is 0 Å². The fourth-order valence-corrected chi connectivity index (χ4v) is 1.55. The Morgan fingerprint density at radius 2 is 1.82 bits per heavy atom. The Hall–Kier alpha value is -0.610. The maximum absolute atomic E-state index is 11.7. The summed E-state index contributed by atoms with van der Waals surface area (Å²) in [5.41, 5.74) is 5.77. The molecule has 0 saturated carbocycles. The molecule has 17 heavy (non-hydrogen) atoms. The number of amides is 1. The first kappa shape index (κ1) is 16.4. The van der Waals surface area contributed by atoms with Crippen molar-refractivity contribution in [2.24, 2.45) is 11.1 Å². The fourth-order valence-electron chi connectivity index (χ4n) is 1.55. The number of ether oxygens (including phenoxy) is 1. The number of rotatable bonds is 6. The third-order valence-electron chi connectivity index (χ3n) is 2.59. The standard InChI is InChI=1S/C13H28N2O2/c1-12(2,3)8-10(14)7-11(16)15-9-13(4,5)17-6/h10H,7-9,14H2,1-6H3,(H,15,16). The van der Waals surface area contributed by atoms with E-state index in [1.165, 1.54) is 0 Å². The summed E-state index contributed by atoms with van der Waals surface area (Å²) in [5, 5.41) is 2.85. The normalized spacial score (nSPS) is 14.5. The molecule has 0 aliphatic rings. The van der Waals surface area contributed by atoms with Crippen LogP contribution in [0.4, 0.5) is 0 Å². The van der Waals surface area contributed by atoms with Gasteiger partial charge in [-0.05, 0) is 25.7 Å². The first-order valence-electron chi connectivity index (χ1n) is 6.13. The first-order chi connectivity index (χ1) is 7.56. The van der Waals surface area contributed by atoms with Gasteiger partial charge in [0.2, 0.25) is 5.91 Å². The lowest BCUT2D eigenvalue weighted by atomic mass is 9.87. The van der Waals surface area contributed by atoms with Gasteiger partial charge in [0.25, 0.3) is 0 Å². The molecule has 0 radical (unpaired) electrons. The van der Waals surface area contributed by atoms with Gasteiger partial charge in [-0.2, -0.15) is 0 Å². The molecule has 0 aromatic heterocycles. The first-order valence-corrected chi connectivity index (χ1v) is 6.13. The summed E-state index contributed by atoms with van der Waals surface area (Å²) in [7, 11) is 1.64. The van der Waals surface area contributed by atoms with Gasteiger partial charge < -0.3 is 15.8 Å². The van der Waals surface area contributed by atoms with E-state index in [2.05, 4.69) is 26.1 Å². The van der Waals surface area contributed by atoms with Crippen LogP contribution in [0.2, 0.25) is 0 Å². The molecule has 0 rings (SSSR count). The second-order valence-corrected chi connectivity index (χ2v) is 6.47. The minimum Gasteiger partial charge on any atom is -0.377 e. The monoisotopic (exact) mass is 244 g/mol. The van der Waals surface area contributed by atoms with Gasteiger partial charge in [-0.3, -0.25) is 4.79 Å². The van der Waals surface area contributed by atoms with Crippen LogP contribution >= 0.6 is 0 Å². The number of methoxy groups -OCH3 is 1. The summed E-state index contributed by atoms with van der Waals surface area (Å²) in [6.07, 6.45) is 1.21. The lowest BCUT2D eigenvalue weighted by molar-refractivity contribution is -0.122. The molecule has 0 fully saturated rings. The molecule has 0 aromatic rings. The third kappa shape index (κ3) is 9.12. The molecule has 1 amide bonds. The number of nitrogens with two attached hydrogens (primary N) is 1. The Labute approximate surface area is 105 Å². The van der Waals surface area contributed by atoms with Crippen molar-refractivity contribution in [3.05, 3.63) is 0 Å². The number of carbonyl (C=O) groups is 1. The molecule has 4 nitrogen and oxygen atoms in total. The Morgan fingerprint density at radius 1 is 1.29 bits per heavy atom. The van der Waals surface area contributed by atoms with Crippen molar-refractivity contribution in [1.82, 2.24) is 5.32 Å². The number of carbonyl (C=O) groups excluding carboxylic acids is 1. The summed E-state index contributed by atoms with van der Waals surface area (Å²) >= 11 is 0. The van der Waals surface area contributed by atoms with E-state index in [1.54, 1.807) is 7.11 Å². The highest BCUT2D eigenvalue weighted by atomic mass is 16.5. The lowest BCUT2D eigenvalue weighted by Crippen LogP contribution is -2.42. The summed E-state index contributed by atoms with van der Waals surface area (Å²) < 4.78 is 5.23. The average Bonchev–Trinajstić information content (AvgIpc) is 2.12. The SMILES string of the molecule is COC(C)(C)CNC(=O)CC(N)CC(C)(C)C. The molecule has 102 valence electrons. The third-order valence-corrected chi connectivity index (χ3v) is 2.59. The van der Waals surface area contributed by atoms with Crippen molar-refractivity contribution in [3.63, 3.8) is 0 Å². The minimum atomic E-state index is -0.330. The molecule has 0 aliphatic carbocycles. The largest absolute Gasteiger partial charge is 0.377 e. The second-order valence-electron chi connectivity index (χ2n) is 6.47. The highest BCUT2D eigenvalue weighted by Crippen LogP contribution is 2.20. The summed E-state index contributed by atoms with van der Waals surface area (Å²) in [6, 6.07) is -0.0827. The summed E-state index contributed by atoms with van der Waals surface area (Å²) in [4.78, 5) is 11.7. The zero-order valence-corrected chi connectivity index (χ0v) is 12.1. The summed E-state index contributed by atoms with van der Waals surface area (Å²) in [5.74, 6) is -0.00752. The summed E-state index contributed by atoms with van der Waals surface area (Å²) in [6.45, 7) is 10.7. The van der Waals surface area contributed by atoms with E-state index < -0.39 is 0 Å². The second kappa shape index (κ2) is 6.36. The average molecular weight is 244 g/mol. The van der Waals surface area contributed by atoms with Crippen LogP contribution in [0.15, 0.2) is 0 Å². The molecule has 1 unspecified atom stereocenters. The van der Waals surface area contributed by atoms with E-state index in [0.29, 0.717) is 13.0 Å². The van der Waals surface area contributed by atoms with E-state index in [1.807, 2.05) is 13.8 Å². The van der Waals surface area contributed by atoms with Gasteiger partial charge in [0.1, 0.15) is 0 Å². The van der Waals surface area contributed by atoms with Gasteiger partial charge in [-0.15, -0.1) is 0 Å². The van der Waals surface area contributed by atoms with Gasteiger partial charge >= 0.3 is 0 Å². The van der Waals surface area contributed by atoms with Crippen molar-refractivity contribution in [1.29, 1.82) is 0 Å². The van der Waals surface area contributed by atoms with E-state index in [9.17, 15) is 4.79 Å². The predicted molar refractivity (Wildman–Crippen MR) is 70.8 cm³/mol. The molecule has 4 heteroatoms. The topological polar surface area (TPSA) is 64.3 Å². The zero-order valence-electron chi connectivity index (χ0n) is 12.1. The molecule has 0 bridgehead atoms. The molecule has 0 saturated heterocycles. The Bertz CT molecular complexity index is 244. The molecule has 0 aromatic carbocycles. The smallest absolute Gasteiger partial charge is 0.221 e. The van der Waals surface area contributed by atoms with Crippen LogP contribution in [0.25, 0.3) is 0 Å². The zero-order chi connectivity index (χ0) is 13.7. The highest BCUT2D eigenvalue weighted by Gasteiger charge is 2.20. The van der Waals surface area contributed by atoms with Crippen LogP contribution in [0.3, 0.4) is 0 Å². The van der Waals surface area contributed by atoms with Gasteiger partial charge in [0.05, 0.1) is 5.60 Å². The fraction of sp³-hybridized carbons (Fsp3) is 0.923. The van der Waals surface area contributed by atoms with Gasteiger partial charge in [-0.1, -0.05) is 20.8 Å².